The lowest BCUT2D eigenvalue weighted by molar-refractivity contribution is -0.122. The monoisotopic (exact) mass is 313 g/mol. The second-order valence-electron chi connectivity index (χ2n) is 5.78. The molecule has 0 spiro atoms. The van der Waals surface area contributed by atoms with Crippen LogP contribution in [-0.4, -0.2) is 58.8 Å². The molecule has 120 valence electrons. The molecule has 1 aliphatic rings. The summed E-state index contributed by atoms with van der Waals surface area (Å²) in [7, 11) is 0. The molecule has 0 bridgehead atoms. The van der Waals surface area contributed by atoms with Crippen molar-refractivity contribution in [2.45, 2.75) is 44.0 Å². The van der Waals surface area contributed by atoms with E-state index in [2.05, 4.69) is 15.0 Å². The van der Waals surface area contributed by atoms with Gasteiger partial charge >= 0.3 is 6.08 Å². The quantitative estimate of drug-likeness (QED) is 0.514. The summed E-state index contributed by atoms with van der Waals surface area (Å²) in [6.07, 6.45) is -4.60. The molecule has 0 unspecified atom stereocenters. The average molecular weight is 313 g/mol. The van der Waals surface area contributed by atoms with Crippen LogP contribution in [-0.2, 0) is 4.74 Å². The highest BCUT2D eigenvalue weighted by Crippen LogP contribution is 2.36. The van der Waals surface area contributed by atoms with E-state index in [1.54, 1.807) is 0 Å². The lowest BCUT2D eigenvalue weighted by atomic mass is 9.96. The summed E-state index contributed by atoms with van der Waals surface area (Å²) in [6, 6.07) is 0. The molecule has 3 heterocycles. The number of nitrogens with zero attached hydrogens (tertiary/aromatic N) is 4. The number of aromatic nitrogens is 4. The summed E-state index contributed by atoms with van der Waals surface area (Å²) >= 11 is 0. The predicted octanol–water partition coefficient (Wildman–Crippen LogP) is -1.06. The third-order valence-corrected chi connectivity index (χ3v) is 3.63. The Balaban J connectivity index is 2.05. The number of ether oxygens (including phenoxy) is 1. The van der Waals surface area contributed by atoms with Crippen LogP contribution in [0.5, 0.6) is 0 Å². The van der Waals surface area contributed by atoms with Crippen molar-refractivity contribution in [2.75, 3.05) is 5.73 Å². The largest absolute Gasteiger partial charge is 0.388 e. The van der Waals surface area contributed by atoms with Crippen molar-refractivity contribution in [3.05, 3.63) is 12.4 Å². The second-order valence-corrected chi connectivity index (χ2v) is 5.78. The number of fused-ring (bicyclic) bond motifs is 1. The Morgan fingerprint density at radius 1 is 1.32 bits per heavy atom. The van der Waals surface area contributed by atoms with Crippen LogP contribution >= 0.6 is 0 Å². The number of aliphatic hydroxyl groups is 3. The van der Waals surface area contributed by atoms with Crippen molar-refractivity contribution < 1.29 is 24.4 Å². The van der Waals surface area contributed by atoms with E-state index in [-0.39, 0.29) is 17.0 Å². The van der Waals surface area contributed by atoms with Crippen molar-refractivity contribution in [3.63, 3.8) is 0 Å². The van der Waals surface area contributed by atoms with Crippen molar-refractivity contribution >= 4 is 17.0 Å². The molecule has 0 aliphatic carbocycles. The molecular weight excluding hydrogens is 297 g/mol. The van der Waals surface area contributed by atoms with E-state index < -0.39 is 36.2 Å². The number of nitrogens with two attached hydrogens (primary N) is 1. The molecule has 0 radical (unpaired) electrons. The molecule has 2 aromatic rings. The number of nitrogen functional groups attached to an aromatic ring is 1. The first-order valence-electron chi connectivity index (χ1n) is 6.59. The summed E-state index contributed by atoms with van der Waals surface area (Å²) in [6.45, 7) is 2.89. The third kappa shape index (κ3) is 2.20. The zero-order chi connectivity index (χ0) is 16.2. The fourth-order valence-corrected chi connectivity index (χ4v) is 2.57. The highest BCUT2D eigenvalue weighted by atomic mass is 19.1. The molecule has 22 heavy (non-hydrogen) atoms. The smallest absolute Gasteiger partial charge is 0.312 e. The number of imidazole rings is 1. The normalized spacial score (nSPS) is 29.4. The van der Waals surface area contributed by atoms with Crippen LogP contribution in [0, 0.1) is 6.08 Å². The Kier molecular flexibility index (Phi) is 3.29. The molecule has 1 fully saturated rings. The summed E-state index contributed by atoms with van der Waals surface area (Å²) in [5.41, 5.74) is 4.36. The Hall–Kier alpha value is -1.88. The Morgan fingerprint density at radius 2 is 2.00 bits per heavy atom. The van der Waals surface area contributed by atoms with Crippen molar-refractivity contribution in [3.8, 4) is 0 Å². The Labute approximate surface area is 124 Å². The van der Waals surface area contributed by atoms with Crippen molar-refractivity contribution in [1.29, 1.82) is 0 Å². The van der Waals surface area contributed by atoms with Crippen LogP contribution in [0.4, 0.5) is 10.2 Å². The summed E-state index contributed by atoms with van der Waals surface area (Å²) in [5, 5.41) is 30.2. The fourth-order valence-electron chi connectivity index (χ4n) is 2.57. The number of halogens is 1. The standard InChI is InChI=1S/C12H16FN5O4/c1-12(2,21)7-5(19)6(20)10(22-7)18-3-15-4-8(14)16-11(13)17-9(4)18/h3,5-7,10,19-21H,1-2H3,(H2,14,16,17)/t5-,6+,7-,10+/m0/s1. The molecule has 10 heteroatoms. The van der Waals surface area contributed by atoms with E-state index in [1.807, 2.05) is 0 Å². The van der Waals surface area contributed by atoms with Gasteiger partial charge in [0.05, 0.1) is 11.9 Å². The first-order chi connectivity index (χ1) is 10.2. The van der Waals surface area contributed by atoms with Gasteiger partial charge in [-0.2, -0.15) is 14.4 Å². The van der Waals surface area contributed by atoms with Crippen LogP contribution < -0.4 is 5.73 Å². The molecule has 0 saturated carbocycles. The van der Waals surface area contributed by atoms with Gasteiger partial charge in [0.15, 0.2) is 23.2 Å². The van der Waals surface area contributed by atoms with Crippen LogP contribution in [0.25, 0.3) is 11.2 Å². The van der Waals surface area contributed by atoms with E-state index in [1.165, 1.54) is 24.7 Å². The minimum atomic E-state index is -1.38. The highest BCUT2D eigenvalue weighted by Gasteiger charge is 2.50. The molecule has 3 rings (SSSR count). The van der Waals surface area contributed by atoms with Crippen LogP contribution in [0.3, 0.4) is 0 Å². The van der Waals surface area contributed by atoms with E-state index in [9.17, 15) is 19.7 Å². The molecule has 9 nitrogen and oxygen atoms in total. The maximum absolute atomic E-state index is 13.3. The van der Waals surface area contributed by atoms with E-state index in [4.69, 9.17) is 10.5 Å². The van der Waals surface area contributed by atoms with Gasteiger partial charge in [-0.3, -0.25) is 4.57 Å². The van der Waals surface area contributed by atoms with Gasteiger partial charge < -0.3 is 25.8 Å². The SMILES string of the molecule is CC(C)(O)[C@H]1O[C@@H](n2cnc3c(N)nc(F)nc32)[C@H](O)[C@@H]1O. The van der Waals surface area contributed by atoms with Gasteiger partial charge in [-0.05, 0) is 13.8 Å². The van der Waals surface area contributed by atoms with Gasteiger partial charge in [-0.25, -0.2) is 4.98 Å². The maximum atomic E-state index is 13.3. The molecule has 0 aromatic carbocycles. The van der Waals surface area contributed by atoms with Crippen LogP contribution in [0.1, 0.15) is 20.1 Å². The lowest BCUT2D eigenvalue weighted by Gasteiger charge is -2.27. The molecule has 1 aliphatic heterocycles. The highest BCUT2D eigenvalue weighted by molar-refractivity contribution is 5.81. The van der Waals surface area contributed by atoms with Gasteiger partial charge in [0, 0.05) is 0 Å². The van der Waals surface area contributed by atoms with Crippen molar-refractivity contribution in [2.24, 2.45) is 0 Å². The second kappa shape index (κ2) is 4.81. The fraction of sp³-hybridized carbons (Fsp3) is 0.583. The minimum Gasteiger partial charge on any atom is -0.388 e. The number of aliphatic hydroxyl groups excluding tert-OH is 2. The maximum Gasteiger partial charge on any atom is 0.312 e. The topological polar surface area (TPSA) is 140 Å². The van der Waals surface area contributed by atoms with Gasteiger partial charge in [-0.1, -0.05) is 0 Å². The van der Waals surface area contributed by atoms with Gasteiger partial charge in [0.2, 0.25) is 0 Å². The van der Waals surface area contributed by atoms with Crippen LogP contribution in [0.2, 0.25) is 0 Å². The first kappa shape index (κ1) is 15.0. The Morgan fingerprint density at radius 3 is 2.59 bits per heavy atom. The number of hydrogen-bond acceptors (Lipinski definition) is 8. The third-order valence-electron chi connectivity index (χ3n) is 3.63. The Bertz CT molecular complexity index is 715. The van der Waals surface area contributed by atoms with E-state index in [0.29, 0.717) is 0 Å². The zero-order valence-electron chi connectivity index (χ0n) is 11.9. The van der Waals surface area contributed by atoms with E-state index >= 15 is 0 Å². The van der Waals surface area contributed by atoms with Gasteiger partial charge in [-0.15, -0.1) is 0 Å². The number of anilines is 1. The number of hydrogen-bond donors (Lipinski definition) is 4. The predicted molar refractivity (Wildman–Crippen MR) is 71.9 cm³/mol. The summed E-state index contributed by atoms with van der Waals surface area (Å²) in [4.78, 5) is 10.9. The molecule has 4 atom stereocenters. The summed E-state index contributed by atoms with van der Waals surface area (Å²) in [5.74, 6) is -0.145. The summed E-state index contributed by atoms with van der Waals surface area (Å²) < 4.78 is 20.1. The molecular formula is C12H16FN5O4. The average Bonchev–Trinajstić information content (AvgIpc) is 2.92. The minimum absolute atomic E-state index is 0.0256. The molecule has 1 saturated heterocycles. The first-order valence-corrected chi connectivity index (χ1v) is 6.59. The van der Waals surface area contributed by atoms with Crippen LogP contribution in [0.15, 0.2) is 6.33 Å². The lowest BCUT2D eigenvalue weighted by Crippen LogP contribution is -2.44. The molecule has 2 aromatic heterocycles. The number of rotatable bonds is 2. The van der Waals surface area contributed by atoms with Crippen molar-refractivity contribution in [1.82, 2.24) is 19.5 Å². The molecule has 5 N–H and O–H groups in total. The van der Waals surface area contributed by atoms with Gasteiger partial charge in [0.25, 0.3) is 0 Å². The zero-order valence-corrected chi connectivity index (χ0v) is 11.9. The van der Waals surface area contributed by atoms with Gasteiger partial charge in [0.1, 0.15) is 18.3 Å². The molecule has 0 amide bonds. The van der Waals surface area contributed by atoms with E-state index in [0.717, 1.165) is 0 Å².